The van der Waals surface area contributed by atoms with E-state index in [1.807, 2.05) is 6.92 Å². The summed E-state index contributed by atoms with van der Waals surface area (Å²) in [7, 11) is 0. The van der Waals surface area contributed by atoms with Crippen LogP contribution in [0.3, 0.4) is 0 Å². The zero-order chi connectivity index (χ0) is 10.7. The van der Waals surface area contributed by atoms with Crippen LogP contribution in [0.25, 0.3) is 0 Å². The maximum absolute atomic E-state index is 9.73. The van der Waals surface area contributed by atoms with E-state index in [9.17, 15) is 5.11 Å². The van der Waals surface area contributed by atoms with Crippen molar-refractivity contribution >= 4 is 0 Å². The number of nitrogens with two attached hydrogens (primary N) is 1. The predicted octanol–water partition coefficient (Wildman–Crippen LogP) is 0.478. The molecule has 0 aliphatic carbocycles. The summed E-state index contributed by atoms with van der Waals surface area (Å²) in [5.74, 6) is 0.147. The van der Waals surface area contributed by atoms with Crippen LogP contribution in [-0.4, -0.2) is 21.2 Å². The van der Waals surface area contributed by atoms with E-state index in [4.69, 9.17) is 10.8 Å². The summed E-state index contributed by atoms with van der Waals surface area (Å²) < 4.78 is 0. The molecule has 78 valence electrons. The van der Waals surface area contributed by atoms with Crippen LogP contribution in [0, 0.1) is 6.92 Å². The molecule has 14 heavy (non-hydrogen) atoms. The van der Waals surface area contributed by atoms with Gasteiger partial charge in [0, 0.05) is 23.4 Å². The Labute approximate surface area is 83.4 Å². The second-order valence-electron chi connectivity index (χ2n) is 3.54. The summed E-state index contributed by atoms with van der Waals surface area (Å²) in [6.07, 6.45) is 2.12. The number of rotatable bonds is 3. The summed E-state index contributed by atoms with van der Waals surface area (Å²) in [4.78, 5) is 3.97. The van der Waals surface area contributed by atoms with Crippen LogP contribution in [0.4, 0.5) is 0 Å². The SMILES string of the molecule is Cc1ncc(CO)c(CC(C)N)c1O. The van der Waals surface area contributed by atoms with Gasteiger partial charge >= 0.3 is 0 Å². The summed E-state index contributed by atoms with van der Waals surface area (Å²) in [5, 5.41) is 18.8. The number of aliphatic hydroxyl groups excluding tert-OH is 1. The average molecular weight is 196 g/mol. The molecule has 1 aromatic heterocycles. The molecule has 0 fully saturated rings. The molecule has 1 aromatic rings. The fourth-order valence-corrected chi connectivity index (χ4v) is 1.37. The Kier molecular flexibility index (Phi) is 3.43. The van der Waals surface area contributed by atoms with E-state index < -0.39 is 0 Å². The maximum atomic E-state index is 9.73. The first-order chi connectivity index (χ1) is 6.56. The number of nitrogens with zero attached hydrogens (tertiary/aromatic N) is 1. The highest BCUT2D eigenvalue weighted by Gasteiger charge is 2.12. The van der Waals surface area contributed by atoms with Crippen molar-refractivity contribution in [2.45, 2.75) is 32.9 Å². The Morgan fingerprint density at radius 2 is 2.21 bits per heavy atom. The standard InChI is InChI=1S/C10H16N2O2/c1-6(11)3-9-8(5-13)4-12-7(2)10(9)14/h4,6,13-14H,3,5,11H2,1-2H3. The van der Waals surface area contributed by atoms with Crippen LogP contribution >= 0.6 is 0 Å². The minimum Gasteiger partial charge on any atom is -0.506 e. The normalized spacial score (nSPS) is 12.9. The molecular formula is C10H16N2O2. The van der Waals surface area contributed by atoms with Crippen molar-refractivity contribution in [3.8, 4) is 5.75 Å². The van der Waals surface area contributed by atoms with Gasteiger partial charge in [-0.15, -0.1) is 0 Å². The van der Waals surface area contributed by atoms with E-state index in [1.165, 1.54) is 0 Å². The second-order valence-corrected chi connectivity index (χ2v) is 3.54. The first kappa shape index (κ1) is 10.9. The first-order valence-electron chi connectivity index (χ1n) is 4.59. The number of hydrogen-bond acceptors (Lipinski definition) is 4. The summed E-state index contributed by atoms with van der Waals surface area (Å²) in [6.45, 7) is 3.46. The summed E-state index contributed by atoms with van der Waals surface area (Å²) in [6, 6.07) is -0.0481. The van der Waals surface area contributed by atoms with E-state index in [1.54, 1.807) is 13.1 Å². The molecule has 0 radical (unpaired) electrons. The van der Waals surface area contributed by atoms with Gasteiger partial charge in [0.2, 0.25) is 0 Å². The Morgan fingerprint density at radius 3 is 2.71 bits per heavy atom. The minimum atomic E-state index is -0.122. The van der Waals surface area contributed by atoms with Crippen LogP contribution in [0.15, 0.2) is 6.20 Å². The molecule has 4 heteroatoms. The number of hydrogen-bond donors (Lipinski definition) is 3. The van der Waals surface area contributed by atoms with Gasteiger partial charge in [-0.1, -0.05) is 0 Å². The van der Waals surface area contributed by atoms with E-state index in [2.05, 4.69) is 4.98 Å². The highest BCUT2D eigenvalue weighted by atomic mass is 16.3. The van der Waals surface area contributed by atoms with Gasteiger partial charge in [-0.3, -0.25) is 4.98 Å². The Morgan fingerprint density at radius 1 is 1.57 bits per heavy atom. The van der Waals surface area contributed by atoms with Crippen molar-refractivity contribution in [2.24, 2.45) is 5.73 Å². The molecule has 1 unspecified atom stereocenters. The molecule has 1 heterocycles. The molecule has 0 bridgehead atoms. The quantitative estimate of drug-likeness (QED) is 0.657. The van der Waals surface area contributed by atoms with Crippen LogP contribution in [0.2, 0.25) is 0 Å². The average Bonchev–Trinajstić information content (AvgIpc) is 2.13. The fraction of sp³-hybridized carbons (Fsp3) is 0.500. The van der Waals surface area contributed by atoms with E-state index in [0.29, 0.717) is 23.2 Å². The van der Waals surface area contributed by atoms with Crippen LogP contribution in [0.5, 0.6) is 5.75 Å². The fourth-order valence-electron chi connectivity index (χ4n) is 1.37. The van der Waals surface area contributed by atoms with Crippen LogP contribution in [0.1, 0.15) is 23.7 Å². The molecule has 0 saturated heterocycles. The number of aromatic hydroxyl groups is 1. The molecule has 4 nitrogen and oxygen atoms in total. The van der Waals surface area contributed by atoms with E-state index in [-0.39, 0.29) is 18.4 Å². The minimum absolute atomic E-state index is 0.0481. The zero-order valence-electron chi connectivity index (χ0n) is 8.49. The third-order valence-corrected chi connectivity index (χ3v) is 2.13. The first-order valence-corrected chi connectivity index (χ1v) is 4.59. The molecule has 1 atom stereocenters. The van der Waals surface area contributed by atoms with Gasteiger partial charge in [-0.25, -0.2) is 0 Å². The topological polar surface area (TPSA) is 79.4 Å². The number of aliphatic hydroxyl groups is 1. The monoisotopic (exact) mass is 196 g/mol. The smallest absolute Gasteiger partial charge is 0.140 e. The van der Waals surface area contributed by atoms with Gasteiger partial charge in [0.15, 0.2) is 0 Å². The molecule has 0 spiro atoms. The molecule has 0 aliphatic rings. The van der Waals surface area contributed by atoms with Crippen molar-refractivity contribution in [3.63, 3.8) is 0 Å². The van der Waals surface area contributed by atoms with Gasteiger partial charge in [-0.05, 0) is 20.3 Å². The molecule has 0 saturated carbocycles. The van der Waals surface area contributed by atoms with Gasteiger partial charge in [0.25, 0.3) is 0 Å². The molecular weight excluding hydrogens is 180 g/mol. The van der Waals surface area contributed by atoms with E-state index in [0.717, 1.165) is 0 Å². The van der Waals surface area contributed by atoms with Crippen molar-refractivity contribution in [2.75, 3.05) is 0 Å². The van der Waals surface area contributed by atoms with Crippen molar-refractivity contribution in [1.29, 1.82) is 0 Å². The number of aryl methyl sites for hydroxylation is 1. The predicted molar refractivity (Wildman–Crippen MR) is 53.9 cm³/mol. The highest BCUT2D eigenvalue weighted by molar-refractivity contribution is 5.41. The molecule has 0 amide bonds. The van der Waals surface area contributed by atoms with Gasteiger partial charge < -0.3 is 15.9 Å². The third-order valence-electron chi connectivity index (χ3n) is 2.13. The highest BCUT2D eigenvalue weighted by Crippen LogP contribution is 2.24. The molecule has 0 aromatic carbocycles. The lowest BCUT2D eigenvalue weighted by atomic mass is 10.0. The summed E-state index contributed by atoms with van der Waals surface area (Å²) >= 11 is 0. The molecule has 1 rings (SSSR count). The maximum Gasteiger partial charge on any atom is 0.140 e. The Hall–Kier alpha value is -1.13. The third kappa shape index (κ3) is 2.21. The van der Waals surface area contributed by atoms with Crippen molar-refractivity contribution < 1.29 is 10.2 Å². The van der Waals surface area contributed by atoms with Crippen LogP contribution < -0.4 is 5.73 Å². The van der Waals surface area contributed by atoms with Gasteiger partial charge in [-0.2, -0.15) is 0 Å². The van der Waals surface area contributed by atoms with Crippen LogP contribution in [-0.2, 0) is 13.0 Å². The van der Waals surface area contributed by atoms with Crippen molar-refractivity contribution in [1.82, 2.24) is 4.98 Å². The zero-order valence-corrected chi connectivity index (χ0v) is 8.49. The Bertz CT molecular complexity index is 324. The second kappa shape index (κ2) is 4.39. The molecule has 4 N–H and O–H groups in total. The lowest BCUT2D eigenvalue weighted by molar-refractivity contribution is 0.278. The number of pyridine rings is 1. The lowest BCUT2D eigenvalue weighted by Crippen LogP contribution is -2.19. The lowest BCUT2D eigenvalue weighted by Gasteiger charge is -2.12. The van der Waals surface area contributed by atoms with E-state index >= 15 is 0 Å². The Balaban J connectivity index is 3.14. The van der Waals surface area contributed by atoms with Gasteiger partial charge in [0.1, 0.15) is 5.75 Å². The van der Waals surface area contributed by atoms with Gasteiger partial charge in [0.05, 0.1) is 12.3 Å². The largest absolute Gasteiger partial charge is 0.506 e. The van der Waals surface area contributed by atoms with Crippen molar-refractivity contribution in [3.05, 3.63) is 23.0 Å². The molecule has 0 aliphatic heterocycles. The summed E-state index contributed by atoms with van der Waals surface area (Å²) in [5.41, 5.74) is 7.57. The number of aromatic nitrogens is 1.